The first-order chi connectivity index (χ1) is 20.1. The SMILES string of the molecule is [2H]C([2H])([2H])C1(C)Oc2ccc(Nc3nc(Nc4cc(OC)c(OC)c(OC)c4)ncc3F)nc2N(COP(=O)(O)O)C1=O. The maximum Gasteiger partial charge on any atom is 0.471 e. The molecule has 0 radical (unpaired) electrons. The first-order valence-corrected chi connectivity index (χ1v) is 12.7. The number of rotatable bonds is 10. The second kappa shape index (κ2) is 11.1. The smallest absolute Gasteiger partial charge is 0.471 e. The molecule has 40 heavy (non-hydrogen) atoms. The van der Waals surface area contributed by atoms with Crippen LogP contribution >= 0.6 is 7.82 Å². The number of fused-ring (bicyclic) bond motifs is 1. The lowest BCUT2D eigenvalue weighted by Gasteiger charge is -2.37. The Morgan fingerprint density at radius 1 is 1.15 bits per heavy atom. The van der Waals surface area contributed by atoms with Gasteiger partial charge in [-0.15, -0.1) is 0 Å². The number of methoxy groups -OCH3 is 3. The Kier molecular flexibility index (Phi) is 6.87. The maximum atomic E-state index is 14.7. The lowest BCUT2D eigenvalue weighted by Crippen LogP contribution is -2.53. The van der Waals surface area contributed by atoms with Crippen molar-refractivity contribution in [3.8, 4) is 23.0 Å². The van der Waals surface area contributed by atoms with E-state index in [1.54, 1.807) is 12.1 Å². The number of aromatic nitrogens is 3. The van der Waals surface area contributed by atoms with Gasteiger partial charge in [0.2, 0.25) is 11.7 Å². The highest BCUT2D eigenvalue weighted by Gasteiger charge is 2.42. The summed E-state index contributed by atoms with van der Waals surface area (Å²) in [6.45, 7) is -3.04. The number of ether oxygens (including phenoxy) is 4. The molecule has 0 saturated heterocycles. The minimum Gasteiger partial charge on any atom is -0.493 e. The summed E-state index contributed by atoms with van der Waals surface area (Å²) >= 11 is 0. The number of phosphoric acid groups is 1. The molecule has 1 aliphatic heterocycles. The van der Waals surface area contributed by atoms with Gasteiger partial charge < -0.3 is 39.4 Å². The number of nitrogens with one attached hydrogen (secondary N) is 2. The van der Waals surface area contributed by atoms with Gasteiger partial charge in [0.25, 0.3) is 5.91 Å². The van der Waals surface area contributed by atoms with Gasteiger partial charge in [-0.1, -0.05) is 0 Å². The number of carbonyl (C=O) groups excluding carboxylic acids is 1. The topological polar surface area (TPSA) is 187 Å². The number of amides is 1. The molecule has 0 bridgehead atoms. The summed E-state index contributed by atoms with van der Waals surface area (Å²) < 4.78 is 75.3. The van der Waals surface area contributed by atoms with E-state index in [1.807, 2.05) is 0 Å². The van der Waals surface area contributed by atoms with Crippen LogP contribution in [-0.4, -0.2) is 64.3 Å². The lowest BCUT2D eigenvalue weighted by atomic mass is 10.1. The fourth-order valence-corrected chi connectivity index (χ4v) is 3.83. The third-order valence-corrected chi connectivity index (χ3v) is 5.78. The number of hydrogen-bond donors (Lipinski definition) is 4. The normalized spacial score (nSPS) is 18.0. The summed E-state index contributed by atoms with van der Waals surface area (Å²) in [5, 5.41) is 5.52. The molecular weight excluding hydrogens is 554 g/mol. The van der Waals surface area contributed by atoms with E-state index in [1.165, 1.54) is 33.5 Å². The van der Waals surface area contributed by atoms with Crippen LogP contribution in [0.1, 0.15) is 17.9 Å². The number of carbonyl (C=O) groups is 1. The zero-order valence-electron chi connectivity index (χ0n) is 24.5. The van der Waals surface area contributed by atoms with Crippen molar-refractivity contribution in [1.82, 2.24) is 15.0 Å². The molecular formula is C23H26FN6O9P. The molecule has 0 saturated carbocycles. The Hall–Kier alpha value is -4.24. The molecule has 0 fully saturated rings. The van der Waals surface area contributed by atoms with E-state index < -0.39 is 38.7 Å². The minimum absolute atomic E-state index is 0.0558. The fourth-order valence-electron chi connectivity index (χ4n) is 3.57. The number of halogens is 1. The molecule has 4 N–H and O–H groups in total. The second-order valence-corrected chi connectivity index (χ2v) is 9.43. The van der Waals surface area contributed by atoms with Crippen molar-refractivity contribution >= 4 is 42.8 Å². The average Bonchev–Trinajstić information content (AvgIpc) is 2.93. The first-order valence-electron chi connectivity index (χ1n) is 12.7. The molecule has 2 aromatic heterocycles. The summed E-state index contributed by atoms with van der Waals surface area (Å²) in [4.78, 5) is 44.3. The van der Waals surface area contributed by atoms with Crippen LogP contribution in [0.4, 0.5) is 33.5 Å². The van der Waals surface area contributed by atoms with E-state index in [0.29, 0.717) is 27.8 Å². The van der Waals surface area contributed by atoms with E-state index in [4.69, 9.17) is 32.8 Å². The van der Waals surface area contributed by atoms with E-state index in [0.717, 1.165) is 13.1 Å². The Labute approximate surface area is 231 Å². The highest BCUT2D eigenvalue weighted by atomic mass is 31.2. The van der Waals surface area contributed by atoms with Gasteiger partial charge in [0.05, 0.1) is 27.5 Å². The van der Waals surface area contributed by atoms with Crippen LogP contribution in [0.5, 0.6) is 23.0 Å². The van der Waals surface area contributed by atoms with Gasteiger partial charge in [0.15, 0.2) is 40.3 Å². The van der Waals surface area contributed by atoms with Crippen molar-refractivity contribution in [2.24, 2.45) is 0 Å². The van der Waals surface area contributed by atoms with Gasteiger partial charge in [-0.2, -0.15) is 4.98 Å². The van der Waals surface area contributed by atoms with Crippen LogP contribution in [0.2, 0.25) is 0 Å². The molecule has 214 valence electrons. The number of benzene rings is 1. The van der Waals surface area contributed by atoms with Gasteiger partial charge in [-0.05, 0) is 25.9 Å². The van der Waals surface area contributed by atoms with Gasteiger partial charge in [-0.25, -0.2) is 18.9 Å². The predicted octanol–water partition coefficient (Wildman–Crippen LogP) is 3.09. The summed E-state index contributed by atoms with van der Waals surface area (Å²) in [6, 6.07) is 5.67. The molecule has 1 unspecified atom stereocenters. The zero-order valence-corrected chi connectivity index (χ0v) is 22.4. The highest BCUT2D eigenvalue weighted by molar-refractivity contribution is 7.46. The van der Waals surface area contributed by atoms with E-state index in [-0.39, 0.29) is 29.2 Å². The van der Waals surface area contributed by atoms with E-state index in [9.17, 15) is 13.8 Å². The Balaban J connectivity index is 1.66. The molecule has 0 spiro atoms. The molecule has 1 aliphatic rings. The van der Waals surface area contributed by atoms with Crippen LogP contribution < -0.4 is 34.5 Å². The quantitative estimate of drug-likeness (QED) is 0.255. The Morgan fingerprint density at radius 2 is 1.85 bits per heavy atom. The third kappa shape index (κ3) is 6.15. The van der Waals surface area contributed by atoms with Crippen molar-refractivity contribution in [3.63, 3.8) is 0 Å². The minimum atomic E-state index is -5.09. The lowest BCUT2D eigenvalue weighted by molar-refractivity contribution is -0.133. The highest BCUT2D eigenvalue weighted by Crippen LogP contribution is 2.42. The molecule has 15 nitrogen and oxygen atoms in total. The molecule has 0 aliphatic carbocycles. The molecule has 1 atom stereocenters. The van der Waals surface area contributed by atoms with Crippen molar-refractivity contribution in [1.29, 1.82) is 0 Å². The van der Waals surface area contributed by atoms with Crippen molar-refractivity contribution in [2.45, 2.75) is 19.4 Å². The third-order valence-electron chi connectivity index (χ3n) is 5.33. The molecule has 1 aromatic carbocycles. The number of nitrogens with zero attached hydrogens (tertiary/aromatic N) is 4. The van der Waals surface area contributed by atoms with Crippen LogP contribution in [0, 0.1) is 5.82 Å². The molecule has 3 aromatic rings. The number of anilines is 5. The standard InChI is InChI=1S/C23H26FN6O9P/c1-23(2)21(31)30(11-38-40(32,33)34)20-14(39-23)6-7-17(28-20)27-19-13(24)10-25-22(29-19)26-12-8-15(35-3)18(37-5)16(9-12)36-4/h6-10H,11H2,1-5H3,(H2,32,33,34)(H2,25,26,27,28,29)/i1D3. The monoisotopic (exact) mass is 583 g/mol. The van der Waals surface area contributed by atoms with Crippen molar-refractivity contribution in [2.75, 3.05) is 43.6 Å². The van der Waals surface area contributed by atoms with Crippen LogP contribution in [0.25, 0.3) is 0 Å². The van der Waals surface area contributed by atoms with Crippen LogP contribution in [0.3, 0.4) is 0 Å². The summed E-state index contributed by atoms with van der Waals surface area (Å²) in [5.74, 6) is -2.17. The van der Waals surface area contributed by atoms with Crippen molar-refractivity contribution in [3.05, 3.63) is 36.3 Å². The van der Waals surface area contributed by atoms with Gasteiger partial charge in [0, 0.05) is 21.9 Å². The summed E-state index contributed by atoms with van der Waals surface area (Å²) in [6.07, 6.45) is 0.878. The average molecular weight is 583 g/mol. The second-order valence-electron chi connectivity index (χ2n) is 8.19. The zero-order chi connectivity index (χ0) is 31.7. The molecule has 1 amide bonds. The van der Waals surface area contributed by atoms with Gasteiger partial charge in [-0.3, -0.25) is 14.2 Å². The predicted molar refractivity (Wildman–Crippen MR) is 139 cm³/mol. The van der Waals surface area contributed by atoms with Crippen molar-refractivity contribution < 1.29 is 51.1 Å². The Morgan fingerprint density at radius 3 is 2.45 bits per heavy atom. The van der Waals surface area contributed by atoms with Crippen LogP contribution in [-0.2, 0) is 13.9 Å². The molecule has 4 rings (SSSR count). The summed E-state index contributed by atoms with van der Waals surface area (Å²) in [7, 11) is -0.775. The van der Waals surface area contributed by atoms with Gasteiger partial charge in [0.1, 0.15) is 12.5 Å². The largest absolute Gasteiger partial charge is 0.493 e. The summed E-state index contributed by atoms with van der Waals surface area (Å²) in [5.41, 5.74) is -2.02. The number of phosphoric ester groups is 1. The molecule has 17 heteroatoms. The van der Waals surface area contributed by atoms with Gasteiger partial charge >= 0.3 is 7.82 Å². The Bertz CT molecular complexity index is 1570. The molecule has 3 heterocycles. The number of hydrogen-bond acceptors (Lipinski definition) is 12. The first kappa shape index (κ1) is 24.8. The number of pyridine rings is 1. The fraction of sp³-hybridized carbons (Fsp3) is 0.304. The van der Waals surface area contributed by atoms with E-state index >= 15 is 0 Å². The van der Waals surface area contributed by atoms with E-state index in [2.05, 4.69) is 30.1 Å². The van der Waals surface area contributed by atoms with Crippen LogP contribution in [0.15, 0.2) is 30.5 Å². The maximum absolute atomic E-state index is 14.7.